The average Bonchev–Trinajstić information content (AvgIpc) is 2.77. The molecule has 0 aliphatic carbocycles. The molecule has 2 heterocycles. The summed E-state index contributed by atoms with van der Waals surface area (Å²) in [5.41, 5.74) is 0.468. The van der Waals surface area contributed by atoms with Gasteiger partial charge in [-0.1, -0.05) is 6.08 Å². The number of thiazole rings is 1. The van der Waals surface area contributed by atoms with Crippen LogP contribution in [0, 0.1) is 0 Å². The molecule has 0 saturated carbocycles. The normalized spacial score (nSPS) is 10.4. The first-order chi connectivity index (χ1) is 7.36. The van der Waals surface area contributed by atoms with Crippen molar-refractivity contribution in [1.82, 2.24) is 9.38 Å². The predicted octanol–water partition coefficient (Wildman–Crippen LogP) is 2.16. The highest BCUT2D eigenvalue weighted by Gasteiger charge is 2.12. The summed E-state index contributed by atoms with van der Waals surface area (Å²) in [6.07, 6.45) is 5.07. The van der Waals surface area contributed by atoms with Crippen molar-refractivity contribution in [2.45, 2.75) is 6.42 Å². The molecule has 0 aliphatic rings. The number of imidazole rings is 1. The average molecular weight is 222 g/mol. The van der Waals surface area contributed by atoms with Gasteiger partial charge in [0.2, 0.25) is 5.88 Å². The lowest BCUT2D eigenvalue weighted by Crippen LogP contribution is -1.99. The largest absolute Gasteiger partial charge is 0.476 e. The second-order valence-electron chi connectivity index (χ2n) is 2.90. The van der Waals surface area contributed by atoms with Crippen molar-refractivity contribution in [3.63, 3.8) is 0 Å². The van der Waals surface area contributed by atoms with Gasteiger partial charge >= 0.3 is 0 Å². The van der Waals surface area contributed by atoms with Crippen LogP contribution in [0.15, 0.2) is 24.2 Å². The molecule has 0 bridgehead atoms. The summed E-state index contributed by atoms with van der Waals surface area (Å²) in [6, 6.07) is 0. The van der Waals surface area contributed by atoms with Crippen molar-refractivity contribution in [1.29, 1.82) is 0 Å². The molecule has 0 N–H and O–H groups in total. The first-order valence-corrected chi connectivity index (χ1v) is 5.39. The van der Waals surface area contributed by atoms with Gasteiger partial charge in [0.15, 0.2) is 16.9 Å². The number of hydrogen-bond acceptors (Lipinski definition) is 4. The Kier molecular flexibility index (Phi) is 2.82. The van der Waals surface area contributed by atoms with Crippen molar-refractivity contribution in [2.24, 2.45) is 0 Å². The third kappa shape index (κ3) is 1.78. The van der Waals surface area contributed by atoms with Crippen molar-refractivity contribution in [3.05, 3.63) is 29.9 Å². The van der Waals surface area contributed by atoms with Crippen molar-refractivity contribution in [2.75, 3.05) is 6.61 Å². The van der Waals surface area contributed by atoms with Gasteiger partial charge in [-0.25, -0.2) is 0 Å². The van der Waals surface area contributed by atoms with Gasteiger partial charge in [0.1, 0.15) is 0 Å². The van der Waals surface area contributed by atoms with Gasteiger partial charge in [0.25, 0.3) is 0 Å². The fraction of sp³-hybridized carbons (Fsp3) is 0.200. The number of aldehydes is 1. The lowest BCUT2D eigenvalue weighted by atomic mass is 10.4. The number of hydrogen-bond donors (Lipinski definition) is 0. The van der Waals surface area contributed by atoms with E-state index in [1.54, 1.807) is 16.7 Å². The number of nitrogens with zero attached hydrogens (tertiary/aromatic N) is 2. The summed E-state index contributed by atoms with van der Waals surface area (Å²) in [5.74, 6) is 0.402. The zero-order valence-electron chi connectivity index (χ0n) is 8.05. The zero-order valence-corrected chi connectivity index (χ0v) is 8.87. The highest BCUT2D eigenvalue weighted by molar-refractivity contribution is 7.15. The third-order valence-corrected chi connectivity index (χ3v) is 2.69. The van der Waals surface area contributed by atoms with E-state index in [1.807, 2.05) is 5.38 Å². The Hall–Kier alpha value is -1.62. The summed E-state index contributed by atoms with van der Waals surface area (Å²) in [7, 11) is 0. The zero-order chi connectivity index (χ0) is 10.7. The number of carbonyl (C=O) groups is 1. The lowest BCUT2D eigenvalue weighted by molar-refractivity contribution is 0.111. The van der Waals surface area contributed by atoms with Crippen LogP contribution in [0.3, 0.4) is 0 Å². The van der Waals surface area contributed by atoms with Gasteiger partial charge in [-0.05, 0) is 6.42 Å². The smallest absolute Gasteiger partial charge is 0.244 e. The van der Waals surface area contributed by atoms with Crippen molar-refractivity contribution < 1.29 is 9.53 Å². The Labute approximate surface area is 90.8 Å². The Balaban J connectivity index is 2.28. The Morgan fingerprint density at radius 1 is 1.67 bits per heavy atom. The molecular formula is C10H10N2O2S. The van der Waals surface area contributed by atoms with Crippen molar-refractivity contribution in [3.8, 4) is 5.88 Å². The van der Waals surface area contributed by atoms with E-state index < -0.39 is 0 Å². The molecule has 0 amide bonds. The number of fused-ring (bicyclic) bond motifs is 1. The molecule has 0 radical (unpaired) electrons. The molecule has 4 nitrogen and oxygen atoms in total. The first-order valence-electron chi connectivity index (χ1n) is 4.51. The second kappa shape index (κ2) is 4.27. The Morgan fingerprint density at radius 3 is 3.27 bits per heavy atom. The first kappa shape index (κ1) is 9.92. The molecule has 15 heavy (non-hydrogen) atoms. The third-order valence-electron chi connectivity index (χ3n) is 1.94. The molecule has 0 saturated heterocycles. The van der Waals surface area contributed by atoms with E-state index in [0.717, 1.165) is 17.7 Å². The van der Waals surface area contributed by atoms with Crippen LogP contribution < -0.4 is 4.74 Å². The van der Waals surface area contributed by atoms with Crippen LogP contribution in [0.5, 0.6) is 5.88 Å². The summed E-state index contributed by atoms with van der Waals surface area (Å²) in [4.78, 5) is 15.9. The Morgan fingerprint density at radius 2 is 2.53 bits per heavy atom. The molecule has 2 rings (SSSR count). The SMILES string of the molecule is C=CCCOc1nc2sccn2c1C=O. The molecule has 0 fully saturated rings. The number of rotatable bonds is 5. The molecule has 5 heteroatoms. The van der Waals surface area contributed by atoms with Gasteiger partial charge in [0.05, 0.1) is 6.61 Å². The topological polar surface area (TPSA) is 43.6 Å². The fourth-order valence-corrected chi connectivity index (χ4v) is 1.95. The van der Waals surface area contributed by atoms with E-state index in [-0.39, 0.29) is 0 Å². The predicted molar refractivity (Wildman–Crippen MR) is 58.8 cm³/mol. The van der Waals surface area contributed by atoms with Crippen LogP contribution >= 0.6 is 11.3 Å². The summed E-state index contributed by atoms with van der Waals surface area (Å²) in [6.45, 7) is 4.09. The van der Waals surface area contributed by atoms with E-state index in [0.29, 0.717) is 18.2 Å². The van der Waals surface area contributed by atoms with E-state index in [2.05, 4.69) is 11.6 Å². The highest BCUT2D eigenvalue weighted by atomic mass is 32.1. The monoisotopic (exact) mass is 222 g/mol. The Bertz CT molecular complexity index is 487. The maximum Gasteiger partial charge on any atom is 0.244 e. The fourth-order valence-electron chi connectivity index (χ4n) is 1.24. The van der Waals surface area contributed by atoms with E-state index in [9.17, 15) is 4.79 Å². The number of ether oxygens (including phenoxy) is 1. The summed E-state index contributed by atoms with van der Waals surface area (Å²) in [5, 5.41) is 1.88. The maximum atomic E-state index is 10.9. The van der Waals surface area contributed by atoms with Gasteiger partial charge in [0, 0.05) is 11.6 Å². The van der Waals surface area contributed by atoms with E-state index in [4.69, 9.17) is 4.74 Å². The minimum Gasteiger partial charge on any atom is -0.476 e. The standard InChI is InChI=1S/C10H10N2O2S/c1-2-3-5-14-9-8(7-13)12-4-6-15-10(12)11-9/h2,4,6-7H,1,3,5H2. The molecular weight excluding hydrogens is 212 g/mol. The number of carbonyl (C=O) groups excluding carboxylic acids is 1. The summed E-state index contributed by atoms with van der Waals surface area (Å²) < 4.78 is 7.11. The molecule has 0 spiro atoms. The van der Waals surface area contributed by atoms with E-state index >= 15 is 0 Å². The van der Waals surface area contributed by atoms with Crippen LogP contribution in [0.2, 0.25) is 0 Å². The molecule has 2 aromatic rings. The summed E-state index contributed by atoms with van der Waals surface area (Å²) >= 11 is 1.47. The van der Waals surface area contributed by atoms with Gasteiger partial charge < -0.3 is 4.74 Å². The van der Waals surface area contributed by atoms with Gasteiger partial charge in [-0.3, -0.25) is 9.20 Å². The second-order valence-corrected chi connectivity index (χ2v) is 3.77. The lowest BCUT2D eigenvalue weighted by Gasteiger charge is -2.00. The quantitative estimate of drug-likeness (QED) is 0.442. The van der Waals surface area contributed by atoms with Crippen molar-refractivity contribution >= 4 is 22.6 Å². The molecule has 2 aromatic heterocycles. The molecule has 0 unspecified atom stereocenters. The molecule has 0 atom stereocenters. The minimum atomic E-state index is 0.402. The van der Waals surface area contributed by atoms with Crippen LogP contribution in [0.4, 0.5) is 0 Å². The van der Waals surface area contributed by atoms with Gasteiger partial charge in [-0.2, -0.15) is 4.98 Å². The molecule has 0 aliphatic heterocycles. The minimum absolute atomic E-state index is 0.402. The van der Waals surface area contributed by atoms with Gasteiger partial charge in [-0.15, -0.1) is 17.9 Å². The van der Waals surface area contributed by atoms with Crippen LogP contribution in [-0.2, 0) is 0 Å². The molecule has 0 aromatic carbocycles. The van der Waals surface area contributed by atoms with Crippen LogP contribution in [0.25, 0.3) is 4.96 Å². The maximum absolute atomic E-state index is 10.9. The number of aromatic nitrogens is 2. The van der Waals surface area contributed by atoms with Crippen LogP contribution in [-0.4, -0.2) is 22.3 Å². The highest BCUT2D eigenvalue weighted by Crippen LogP contribution is 2.21. The van der Waals surface area contributed by atoms with Crippen LogP contribution in [0.1, 0.15) is 16.9 Å². The van der Waals surface area contributed by atoms with E-state index in [1.165, 1.54) is 11.3 Å². The molecule has 78 valence electrons.